The van der Waals surface area contributed by atoms with Crippen LogP contribution in [0.5, 0.6) is 5.75 Å². The zero-order valence-electron chi connectivity index (χ0n) is 17.1. The van der Waals surface area contributed by atoms with E-state index in [1.54, 1.807) is 0 Å². The van der Waals surface area contributed by atoms with E-state index in [0.717, 1.165) is 35.8 Å². The third-order valence-electron chi connectivity index (χ3n) is 4.69. The highest BCUT2D eigenvalue weighted by Crippen LogP contribution is 2.22. The second-order valence-electron chi connectivity index (χ2n) is 6.65. The molecule has 0 aliphatic heterocycles. The number of anilines is 2. The van der Waals surface area contributed by atoms with Gasteiger partial charge >= 0.3 is 6.03 Å². The first-order valence-corrected chi connectivity index (χ1v) is 9.55. The Morgan fingerprint density at radius 1 is 0.963 bits per heavy atom. The monoisotopic (exact) mass is 369 g/mol. The van der Waals surface area contributed by atoms with Crippen LogP contribution in [0.15, 0.2) is 36.4 Å². The number of amides is 2. The Hall–Kier alpha value is -2.69. The molecule has 0 fully saturated rings. The predicted octanol–water partition coefficient (Wildman–Crippen LogP) is 4.66. The molecule has 2 aromatic rings. The fourth-order valence-corrected chi connectivity index (χ4v) is 2.93. The van der Waals surface area contributed by atoms with E-state index in [9.17, 15) is 4.79 Å². The Balaban J connectivity index is 1.77. The van der Waals surface area contributed by atoms with Crippen LogP contribution in [0, 0.1) is 20.8 Å². The fraction of sp³-hybridized carbons (Fsp3) is 0.409. The van der Waals surface area contributed by atoms with Gasteiger partial charge in [0, 0.05) is 24.5 Å². The van der Waals surface area contributed by atoms with Gasteiger partial charge < -0.3 is 20.3 Å². The van der Waals surface area contributed by atoms with Crippen molar-refractivity contribution in [3.63, 3.8) is 0 Å². The summed E-state index contributed by atoms with van der Waals surface area (Å²) in [5, 5.41) is 5.67. The fourth-order valence-electron chi connectivity index (χ4n) is 2.93. The number of nitrogens with one attached hydrogen (secondary N) is 2. The third kappa shape index (κ3) is 5.91. The van der Waals surface area contributed by atoms with Crippen LogP contribution in [0.2, 0.25) is 0 Å². The summed E-state index contributed by atoms with van der Waals surface area (Å²) in [4.78, 5) is 14.3. The van der Waals surface area contributed by atoms with Crippen LogP contribution in [0.3, 0.4) is 0 Å². The molecule has 0 bridgehead atoms. The van der Waals surface area contributed by atoms with Crippen molar-refractivity contribution in [2.24, 2.45) is 0 Å². The summed E-state index contributed by atoms with van der Waals surface area (Å²) in [5.74, 6) is 0.868. The van der Waals surface area contributed by atoms with Gasteiger partial charge in [0.05, 0.1) is 6.54 Å². The third-order valence-corrected chi connectivity index (χ3v) is 4.69. The molecule has 2 aromatic carbocycles. The second kappa shape index (κ2) is 9.86. The molecule has 0 heterocycles. The van der Waals surface area contributed by atoms with Crippen LogP contribution in [-0.4, -0.2) is 32.3 Å². The Bertz CT molecular complexity index is 753. The molecule has 0 unspecified atom stereocenters. The van der Waals surface area contributed by atoms with E-state index in [1.165, 1.54) is 11.1 Å². The van der Waals surface area contributed by atoms with E-state index in [1.807, 2.05) is 37.3 Å². The molecule has 2 N–H and O–H groups in total. The lowest BCUT2D eigenvalue weighted by Crippen LogP contribution is -2.32. The Morgan fingerprint density at radius 2 is 1.59 bits per heavy atom. The lowest BCUT2D eigenvalue weighted by Gasteiger charge is -2.21. The highest BCUT2D eigenvalue weighted by Gasteiger charge is 2.06. The number of hydrogen-bond donors (Lipinski definition) is 2. The minimum atomic E-state index is -0.231. The van der Waals surface area contributed by atoms with E-state index in [4.69, 9.17) is 4.74 Å². The molecule has 0 saturated heterocycles. The standard InChI is InChI=1S/C22H31N3O2/c1-6-25(7-2)20-10-8-19(9-11-20)24-22(26)23-12-13-27-21-15-17(4)16(3)14-18(21)5/h8-11,14-15H,6-7,12-13H2,1-5H3,(H2,23,24,26). The maximum Gasteiger partial charge on any atom is 0.319 e. The largest absolute Gasteiger partial charge is 0.491 e. The van der Waals surface area contributed by atoms with Gasteiger partial charge in [0.15, 0.2) is 0 Å². The average Bonchev–Trinajstić information content (AvgIpc) is 2.65. The van der Waals surface area contributed by atoms with Gasteiger partial charge in [0.1, 0.15) is 12.4 Å². The summed E-state index contributed by atoms with van der Waals surface area (Å²) in [7, 11) is 0. The summed E-state index contributed by atoms with van der Waals surface area (Å²) in [6.45, 7) is 13.2. The van der Waals surface area contributed by atoms with Crippen LogP contribution in [0.4, 0.5) is 16.2 Å². The van der Waals surface area contributed by atoms with Gasteiger partial charge in [-0.25, -0.2) is 4.79 Å². The van der Waals surface area contributed by atoms with Gasteiger partial charge in [-0.3, -0.25) is 0 Å². The van der Waals surface area contributed by atoms with Gasteiger partial charge in [-0.1, -0.05) is 6.07 Å². The summed E-state index contributed by atoms with van der Waals surface area (Å²) in [6.07, 6.45) is 0. The summed E-state index contributed by atoms with van der Waals surface area (Å²) >= 11 is 0. The van der Waals surface area contributed by atoms with Gasteiger partial charge in [-0.05, 0) is 81.6 Å². The molecular formula is C22H31N3O2. The minimum Gasteiger partial charge on any atom is -0.491 e. The molecule has 2 amide bonds. The van der Waals surface area contributed by atoms with Gasteiger partial charge in [-0.15, -0.1) is 0 Å². The number of carbonyl (C=O) groups is 1. The summed E-state index contributed by atoms with van der Waals surface area (Å²) < 4.78 is 5.79. The molecule has 0 aromatic heterocycles. The molecule has 0 aliphatic carbocycles. The molecule has 146 valence electrons. The van der Waals surface area contributed by atoms with Crippen molar-refractivity contribution >= 4 is 17.4 Å². The van der Waals surface area contributed by atoms with Crippen LogP contribution < -0.4 is 20.3 Å². The highest BCUT2D eigenvalue weighted by atomic mass is 16.5. The lowest BCUT2D eigenvalue weighted by molar-refractivity contribution is 0.247. The first kappa shape index (κ1) is 20.6. The van der Waals surface area contributed by atoms with Crippen molar-refractivity contribution in [2.75, 3.05) is 36.5 Å². The van der Waals surface area contributed by atoms with Crippen LogP contribution in [-0.2, 0) is 0 Å². The van der Waals surface area contributed by atoms with Crippen molar-refractivity contribution < 1.29 is 9.53 Å². The van der Waals surface area contributed by atoms with Crippen molar-refractivity contribution in [1.29, 1.82) is 0 Å². The molecule has 27 heavy (non-hydrogen) atoms. The smallest absolute Gasteiger partial charge is 0.319 e. The molecule has 2 rings (SSSR count). The van der Waals surface area contributed by atoms with Gasteiger partial charge in [0.25, 0.3) is 0 Å². The number of urea groups is 1. The zero-order chi connectivity index (χ0) is 19.8. The first-order valence-electron chi connectivity index (χ1n) is 9.55. The molecule has 0 spiro atoms. The average molecular weight is 370 g/mol. The topological polar surface area (TPSA) is 53.6 Å². The SMILES string of the molecule is CCN(CC)c1ccc(NC(=O)NCCOc2cc(C)c(C)cc2C)cc1. The van der Waals surface area contributed by atoms with Crippen LogP contribution >= 0.6 is 0 Å². The van der Waals surface area contributed by atoms with Crippen molar-refractivity contribution in [1.82, 2.24) is 5.32 Å². The maximum atomic E-state index is 12.0. The molecule has 0 aliphatic rings. The van der Waals surface area contributed by atoms with Gasteiger partial charge in [0.2, 0.25) is 0 Å². The number of benzene rings is 2. The number of ether oxygens (including phenoxy) is 1. The number of carbonyl (C=O) groups excluding carboxylic acids is 1. The minimum absolute atomic E-state index is 0.231. The highest BCUT2D eigenvalue weighted by molar-refractivity contribution is 5.89. The summed E-state index contributed by atoms with van der Waals surface area (Å²) in [5.41, 5.74) is 5.49. The molecular weight excluding hydrogens is 338 g/mol. The van der Waals surface area contributed by atoms with Crippen molar-refractivity contribution in [3.8, 4) is 5.75 Å². The molecule has 0 atom stereocenters. The van der Waals surface area contributed by atoms with Crippen LogP contribution in [0.1, 0.15) is 30.5 Å². The second-order valence-corrected chi connectivity index (χ2v) is 6.65. The zero-order valence-corrected chi connectivity index (χ0v) is 17.1. The van der Waals surface area contributed by atoms with E-state index >= 15 is 0 Å². The molecule has 5 nitrogen and oxygen atoms in total. The van der Waals surface area contributed by atoms with E-state index < -0.39 is 0 Å². The number of nitrogens with zero attached hydrogens (tertiary/aromatic N) is 1. The maximum absolute atomic E-state index is 12.0. The van der Waals surface area contributed by atoms with Crippen LogP contribution in [0.25, 0.3) is 0 Å². The number of hydrogen-bond acceptors (Lipinski definition) is 3. The van der Waals surface area contributed by atoms with E-state index in [-0.39, 0.29) is 6.03 Å². The Labute approximate surface area is 162 Å². The van der Waals surface area contributed by atoms with Crippen molar-refractivity contribution in [3.05, 3.63) is 53.1 Å². The number of rotatable bonds is 8. The first-order chi connectivity index (χ1) is 12.9. The number of aryl methyl sites for hydroxylation is 3. The van der Waals surface area contributed by atoms with Crippen molar-refractivity contribution in [2.45, 2.75) is 34.6 Å². The lowest BCUT2D eigenvalue weighted by atomic mass is 10.1. The Morgan fingerprint density at radius 3 is 2.22 bits per heavy atom. The molecule has 0 radical (unpaired) electrons. The normalized spacial score (nSPS) is 10.4. The molecule has 5 heteroatoms. The Kier molecular flexibility index (Phi) is 7.53. The predicted molar refractivity (Wildman–Crippen MR) is 113 cm³/mol. The molecule has 0 saturated carbocycles. The van der Waals surface area contributed by atoms with Gasteiger partial charge in [-0.2, -0.15) is 0 Å². The summed E-state index contributed by atoms with van der Waals surface area (Å²) in [6, 6.07) is 11.8. The quantitative estimate of drug-likeness (QED) is 0.666. The van der Waals surface area contributed by atoms with E-state index in [2.05, 4.69) is 49.3 Å². The van der Waals surface area contributed by atoms with E-state index in [0.29, 0.717) is 13.2 Å².